The van der Waals surface area contributed by atoms with Crippen LogP contribution in [-0.2, 0) is 37.4 Å². The number of primary amides is 1. The molecule has 1 aromatic carbocycles. The number of nitrogens with zero attached hydrogens (tertiary/aromatic N) is 1. The number of hydrogen-bond donors (Lipinski definition) is 5. The number of phenolic OH excluding ortho intramolecular Hbond substituents is 1. The van der Waals surface area contributed by atoms with Gasteiger partial charge in [0.1, 0.15) is 28.7 Å². The van der Waals surface area contributed by atoms with Gasteiger partial charge in [0.2, 0.25) is 5.78 Å². The number of carbonyl (C=O) groups excluding carboxylic acids is 3. The first-order valence-corrected chi connectivity index (χ1v) is 12.4. The van der Waals surface area contributed by atoms with E-state index >= 15 is 4.39 Å². The molecule has 10 nitrogen and oxygen atoms in total. The van der Waals surface area contributed by atoms with Crippen LogP contribution in [0.25, 0.3) is 5.76 Å². The molecule has 35 heavy (non-hydrogen) atoms. The van der Waals surface area contributed by atoms with Gasteiger partial charge in [0.05, 0.1) is 17.4 Å². The van der Waals surface area contributed by atoms with Gasteiger partial charge in [-0.2, -0.15) is 0 Å². The van der Waals surface area contributed by atoms with E-state index in [-0.39, 0.29) is 40.9 Å². The third-order valence-corrected chi connectivity index (χ3v) is 7.82. The van der Waals surface area contributed by atoms with Crippen LogP contribution < -0.4 is 5.73 Å². The van der Waals surface area contributed by atoms with Crippen molar-refractivity contribution in [2.75, 3.05) is 20.4 Å². The molecule has 12 heteroatoms. The lowest BCUT2D eigenvalue weighted by atomic mass is 9.57. The number of halogens is 1. The molecule has 1 saturated carbocycles. The zero-order valence-corrected chi connectivity index (χ0v) is 20.0. The number of phenols is 1. The zero-order chi connectivity index (χ0) is 26.1. The number of hydrogen-bond acceptors (Lipinski definition) is 9. The summed E-state index contributed by atoms with van der Waals surface area (Å²) >= 11 is 0. The Hall–Kier alpha value is -3.09. The largest absolute Gasteiger partial charge is 0.508 e. The molecular formula is C23H25FN2O8S. The third-order valence-electron chi connectivity index (χ3n) is 7.10. The minimum Gasteiger partial charge on any atom is -0.508 e. The molecular weight excluding hydrogens is 483 g/mol. The summed E-state index contributed by atoms with van der Waals surface area (Å²) in [5, 5.41) is 44.1. The molecule has 0 bridgehead atoms. The lowest BCUT2D eigenvalue weighted by molar-refractivity contribution is -0.153. The molecule has 4 unspecified atom stereocenters. The van der Waals surface area contributed by atoms with Crippen LogP contribution in [0.4, 0.5) is 4.39 Å². The van der Waals surface area contributed by atoms with Crippen molar-refractivity contribution in [2.24, 2.45) is 17.6 Å². The predicted octanol–water partition coefficient (Wildman–Crippen LogP) is -0.0184. The molecule has 0 spiro atoms. The van der Waals surface area contributed by atoms with Crippen molar-refractivity contribution in [1.29, 1.82) is 0 Å². The Bertz CT molecular complexity index is 1290. The Labute approximate surface area is 202 Å². The van der Waals surface area contributed by atoms with Crippen LogP contribution in [0.1, 0.15) is 23.1 Å². The van der Waals surface area contributed by atoms with Crippen molar-refractivity contribution >= 4 is 34.0 Å². The molecule has 0 aliphatic heterocycles. The first kappa shape index (κ1) is 25.0. The zero-order valence-electron chi connectivity index (χ0n) is 19.2. The molecule has 6 N–H and O–H groups in total. The number of carbonyl (C=O) groups is 3. The van der Waals surface area contributed by atoms with Crippen molar-refractivity contribution in [2.45, 2.75) is 30.2 Å². The molecule has 1 fully saturated rings. The monoisotopic (exact) mass is 508 g/mol. The van der Waals surface area contributed by atoms with E-state index in [0.29, 0.717) is 0 Å². The average molecular weight is 509 g/mol. The van der Waals surface area contributed by atoms with Gasteiger partial charge < -0.3 is 26.2 Å². The number of Topliss-reactive ketones (excluding diaryl/α,β-unsaturated/α-hetero) is 2. The van der Waals surface area contributed by atoms with Crippen LogP contribution in [0, 0.1) is 17.7 Å². The quantitative estimate of drug-likeness (QED) is 0.350. The second kappa shape index (κ2) is 8.25. The van der Waals surface area contributed by atoms with E-state index in [1.807, 2.05) is 0 Å². The lowest BCUT2D eigenvalue weighted by Gasteiger charge is -2.50. The summed E-state index contributed by atoms with van der Waals surface area (Å²) in [6.07, 6.45) is 1.07. The highest BCUT2D eigenvalue weighted by molar-refractivity contribution is 7.83. The van der Waals surface area contributed by atoms with E-state index in [1.165, 1.54) is 25.3 Å². The van der Waals surface area contributed by atoms with Gasteiger partial charge in [0.15, 0.2) is 11.4 Å². The standard InChI is InChI=1S/C23H25FN2O8S/c1-26(2)16-11-5-8-4-10-12(24)6-9(7-35(3)34)17(27)14(10)18(28)13(8)20(30)23(11,33)21(31)15(19(16)29)22(25)32/h6,8,11,16,27-28,31,33H,4-5,7H2,1-3H3,(H2,25,32)/t8?,11?,16-,23?,35?/m0/s1. The number of aliphatic hydroxyl groups excluding tert-OH is 2. The topological polar surface area (TPSA) is 178 Å². The highest BCUT2D eigenvalue weighted by atomic mass is 32.2. The van der Waals surface area contributed by atoms with E-state index in [0.717, 1.165) is 6.07 Å². The Morgan fingerprint density at radius 3 is 2.46 bits per heavy atom. The fourth-order valence-corrected chi connectivity index (χ4v) is 6.31. The van der Waals surface area contributed by atoms with Crippen molar-refractivity contribution in [1.82, 2.24) is 4.90 Å². The highest BCUT2D eigenvalue weighted by Crippen LogP contribution is 2.53. The molecule has 1 amide bonds. The number of ketones is 2. The average Bonchev–Trinajstić information content (AvgIpc) is 2.73. The fraction of sp³-hybridized carbons (Fsp3) is 0.435. The summed E-state index contributed by atoms with van der Waals surface area (Å²) in [7, 11) is 1.53. The number of rotatable bonds is 4. The van der Waals surface area contributed by atoms with Gasteiger partial charge in [-0.1, -0.05) is 0 Å². The number of amides is 1. The number of aromatic hydroxyl groups is 1. The SMILES string of the molecule is CN(C)[C@@H]1C(=O)C(C(N)=O)=C(O)C2(O)C(=O)C3=C(O)c4c(O)c(CS(C)=O)cc(F)c4CC3CC12. The van der Waals surface area contributed by atoms with Gasteiger partial charge in [0.25, 0.3) is 5.91 Å². The van der Waals surface area contributed by atoms with Gasteiger partial charge in [-0.05, 0) is 38.9 Å². The van der Waals surface area contributed by atoms with Crippen LogP contribution in [0.5, 0.6) is 5.75 Å². The van der Waals surface area contributed by atoms with E-state index in [4.69, 9.17) is 5.73 Å². The summed E-state index contributed by atoms with van der Waals surface area (Å²) in [6.45, 7) is 0. The summed E-state index contributed by atoms with van der Waals surface area (Å²) in [5.41, 5.74) is 0.757. The highest BCUT2D eigenvalue weighted by Gasteiger charge is 2.64. The molecule has 4 rings (SSSR count). The minimum absolute atomic E-state index is 0.0396. The first-order valence-electron chi connectivity index (χ1n) is 10.7. The third kappa shape index (κ3) is 3.42. The normalized spacial score (nSPS) is 29.1. The summed E-state index contributed by atoms with van der Waals surface area (Å²) in [4.78, 5) is 40.0. The molecule has 0 saturated heterocycles. The molecule has 0 radical (unpaired) electrons. The van der Waals surface area contributed by atoms with Gasteiger partial charge in [-0.15, -0.1) is 0 Å². The summed E-state index contributed by atoms with van der Waals surface area (Å²) < 4.78 is 26.7. The maximum atomic E-state index is 15.0. The smallest absolute Gasteiger partial charge is 0.255 e. The van der Waals surface area contributed by atoms with Crippen LogP contribution in [-0.4, -0.2) is 79.0 Å². The Balaban J connectivity index is 1.97. The lowest BCUT2D eigenvalue weighted by Crippen LogP contribution is -2.65. The fourth-order valence-electron chi connectivity index (χ4n) is 5.65. The molecule has 0 aromatic heterocycles. The van der Waals surface area contributed by atoms with Crippen LogP contribution in [0.15, 0.2) is 23.0 Å². The van der Waals surface area contributed by atoms with E-state index in [2.05, 4.69) is 0 Å². The minimum atomic E-state index is -2.76. The van der Waals surface area contributed by atoms with Crippen LogP contribution in [0.3, 0.4) is 0 Å². The molecule has 188 valence electrons. The van der Waals surface area contributed by atoms with Gasteiger partial charge >= 0.3 is 0 Å². The maximum Gasteiger partial charge on any atom is 0.255 e. The van der Waals surface area contributed by atoms with Crippen molar-refractivity contribution < 1.29 is 43.4 Å². The van der Waals surface area contributed by atoms with E-state index in [1.54, 1.807) is 0 Å². The van der Waals surface area contributed by atoms with Crippen LogP contribution >= 0.6 is 0 Å². The number of likely N-dealkylation sites (N-methyl/N-ethyl adjacent to an activating group) is 1. The maximum absolute atomic E-state index is 15.0. The van der Waals surface area contributed by atoms with E-state index in [9.17, 15) is 39.0 Å². The van der Waals surface area contributed by atoms with E-state index < -0.39 is 80.4 Å². The summed E-state index contributed by atoms with van der Waals surface area (Å²) in [6, 6.07) is -0.192. The van der Waals surface area contributed by atoms with Crippen molar-refractivity contribution in [3.63, 3.8) is 0 Å². The molecule has 0 heterocycles. The Kier molecular flexibility index (Phi) is 5.89. The molecule has 5 atom stereocenters. The van der Waals surface area contributed by atoms with Crippen molar-refractivity contribution in [3.8, 4) is 5.75 Å². The summed E-state index contributed by atoms with van der Waals surface area (Å²) in [5.74, 6) is -8.99. The molecule has 1 aromatic rings. The number of nitrogens with two attached hydrogens (primary N) is 1. The molecule has 3 aliphatic rings. The van der Waals surface area contributed by atoms with Gasteiger partial charge in [-0.25, -0.2) is 4.39 Å². The number of aliphatic hydroxyl groups is 3. The van der Waals surface area contributed by atoms with Crippen molar-refractivity contribution in [3.05, 3.63) is 45.5 Å². The second-order valence-corrected chi connectivity index (χ2v) is 10.8. The second-order valence-electron chi connectivity index (χ2n) is 9.40. The number of fused-ring (bicyclic) bond motifs is 3. The van der Waals surface area contributed by atoms with Gasteiger partial charge in [-0.3, -0.25) is 23.5 Å². The Morgan fingerprint density at radius 2 is 1.91 bits per heavy atom. The predicted molar refractivity (Wildman–Crippen MR) is 122 cm³/mol. The first-order chi connectivity index (χ1) is 16.2. The van der Waals surface area contributed by atoms with Crippen LogP contribution in [0.2, 0.25) is 0 Å². The van der Waals surface area contributed by atoms with Gasteiger partial charge in [0, 0.05) is 39.7 Å². The number of benzene rings is 1. The Morgan fingerprint density at radius 1 is 1.29 bits per heavy atom. The molecule has 3 aliphatic carbocycles.